The lowest BCUT2D eigenvalue weighted by atomic mass is 10.1. The maximum absolute atomic E-state index is 12.9. The van der Waals surface area contributed by atoms with Gasteiger partial charge in [0.05, 0.1) is 18.2 Å². The standard InChI is InChI=1S/C23H26N2O4/c1-23(2,3)29-17-13-19(21-24-18-11-7-8-12-20(18)28-21)25(14-17)22(26)27-15-16-9-5-4-6-10-16/h4-12,17,19H,13-15H2,1-3H3. The summed E-state index contributed by atoms with van der Waals surface area (Å²) >= 11 is 0. The Kier molecular flexibility index (Phi) is 5.28. The largest absolute Gasteiger partial charge is 0.445 e. The first-order valence-corrected chi connectivity index (χ1v) is 9.90. The zero-order valence-electron chi connectivity index (χ0n) is 17.0. The fraction of sp³-hybridized carbons (Fsp3) is 0.391. The number of fused-ring (bicyclic) bond motifs is 1. The molecule has 6 nitrogen and oxygen atoms in total. The molecule has 4 rings (SSSR count). The van der Waals surface area contributed by atoms with Crippen LogP contribution in [0.5, 0.6) is 0 Å². The first-order chi connectivity index (χ1) is 13.9. The lowest BCUT2D eigenvalue weighted by Gasteiger charge is -2.24. The van der Waals surface area contributed by atoms with Crippen molar-refractivity contribution in [2.24, 2.45) is 0 Å². The van der Waals surface area contributed by atoms with Crippen molar-refractivity contribution in [2.75, 3.05) is 6.54 Å². The zero-order valence-corrected chi connectivity index (χ0v) is 17.0. The average Bonchev–Trinajstić information content (AvgIpc) is 3.29. The third-order valence-electron chi connectivity index (χ3n) is 4.82. The van der Waals surface area contributed by atoms with Gasteiger partial charge in [-0.15, -0.1) is 0 Å². The number of likely N-dealkylation sites (tertiary alicyclic amines) is 1. The van der Waals surface area contributed by atoms with Crippen molar-refractivity contribution in [3.63, 3.8) is 0 Å². The highest BCUT2D eigenvalue weighted by Gasteiger charge is 2.41. The molecule has 6 heteroatoms. The molecule has 2 unspecified atom stereocenters. The number of nitrogens with zero attached hydrogens (tertiary/aromatic N) is 2. The molecule has 1 fully saturated rings. The van der Waals surface area contributed by atoms with Gasteiger partial charge in [-0.25, -0.2) is 9.78 Å². The molecule has 0 saturated carbocycles. The van der Waals surface area contributed by atoms with Gasteiger partial charge >= 0.3 is 6.09 Å². The summed E-state index contributed by atoms with van der Waals surface area (Å²) < 4.78 is 17.7. The number of benzene rings is 2. The van der Waals surface area contributed by atoms with Crippen molar-refractivity contribution in [3.05, 3.63) is 66.1 Å². The van der Waals surface area contributed by atoms with Crippen LogP contribution in [0.1, 0.15) is 44.7 Å². The minimum Gasteiger partial charge on any atom is -0.445 e. The summed E-state index contributed by atoms with van der Waals surface area (Å²) in [5, 5.41) is 0. The van der Waals surface area contributed by atoms with Crippen LogP contribution in [-0.4, -0.2) is 34.2 Å². The maximum Gasteiger partial charge on any atom is 0.410 e. The van der Waals surface area contributed by atoms with E-state index >= 15 is 0 Å². The molecular formula is C23H26N2O4. The number of rotatable bonds is 4. The highest BCUT2D eigenvalue weighted by Crippen LogP contribution is 2.36. The number of hydrogen-bond donors (Lipinski definition) is 0. The van der Waals surface area contributed by atoms with E-state index < -0.39 is 0 Å². The summed E-state index contributed by atoms with van der Waals surface area (Å²) in [6.45, 7) is 6.70. The maximum atomic E-state index is 12.9. The van der Waals surface area contributed by atoms with Crippen LogP contribution >= 0.6 is 0 Å². The van der Waals surface area contributed by atoms with Crippen LogP contribution in [0.15, 0.2) is 59.0 Å². The molecular weight excluding hydrogens is 368 g/mol. The molecule has 1 amide bonds. The fourth-order valence-electron chi connectivity index (χ4n) is 3.65. The Labute approximate surface area is 170 Å². The van der Waals surface area contributed by atoms with Gasteiger partial charge < -0.3 is 13.9 Å². The van der Waals surface area contributed by atoms with Crippen molar-refractivity contribution in [1.82, 2.24) is 9.88 Å². The van der Waals surface area contributed by atoms with E-state index in [1.165, 1.54) is 0 Å². The third-order valence-corrected chi connectivity index (χ3v) is 4.82. The van der Waals surface area contributed by atoms with Crippen molar-refractivity contribution in [3.8, 4) is 0 Å². The van der Waals surface area contributed by atoms with E-state index in [0.717, 1.165) is 11.1 Å². The lowest BCUT2D eigenvalue weighted by Crippen LogP contribution is -2.34. The van der Waals surface area contributed by atoms with E-state index in [2.05, 4.69) is 4.98 Å². The molecule has 2 atom stereocenters. The summed E-state index contributed by atoms with van der Waals surface area (Å²) in [4.78, 5) is 19.2. The van der Waals surface area contributed by atoms with Gasteiger partial charge in [0, 0.05) is 6.42 Å². The van der Waals surface area contributed by atoms with Crippen molar-refractivity contribution in [1.29, 1.82) is 0 Å². The van der Waals surface area contributed by atoms with Gasteiger partial charge in [-0.2, -0.15) is 0 Å². The fourth-order valence-corrected chi connectivity index (χ4v) is 3.65. The highest BCUT2D eigenvalue weighted by molar-refractivity contribution is 5.73. The summed E-state index contributed by atoms with van der Waals surface area (Å²) in [5.41, 5.74) is 2.13. The van der Waals surface area contributed by atoms with Gasteiger partial charge in [0.25, 0.3) is 0 Å². The molecule has 0 spiro atoms. The Balaban J connectivity index is 1.54. The molecule has 3 aromatic rings. The monoisotopic (exact) mass is 394 g/mol. The quantitative estimate of drug-likeness (QED) is 0.616. The normalized spacial score (nSPS) is 19.6. The zero-order chi connectivity index (χ0) is 20.4. The van der Waals surface area contributed by atoms with Crippen molar-refractivity contribution < 1.29 is 18.7 Å². The molecule has 0 bridgehead atoms. The van der Waals surface area contributed by atoms with Crippen LogP contribution in [0.2, 0.25) is 0 Å². The molecule has 0 aliphatic carbocycles. The topological polar surface area (TPSA) is 64.8 Å². The molecule has 0 N–H and O–H groups in total. The third kappa shape index (κ3) is 4.59. The van der Waals surface area contributed by atoms with Crippen LogP contribution in [0.4, 0.5) is 4.79 Å². The van der Waals surface area contributed by atoms with Gasteiger partial charge in [-0.1, -0.05) is 42.5 Å². The van der Waals surface area contributed by atoms with Crippen LogP contribution in [0.3, 0.4) is 0 Å². The number of carbonyl (C=O) groups is 1. The molecule has 29 heavy (non-hydrogen) atoms. The van der Waals surface area contributed by atoms with Gasteiger partial charge in [-0.3, -0.25) is 4.90 Å². The van der Waals surface area contributed by atoms with Crippen LogP contribution in [0, 0.1) is 0 Å². The van der Waals surface area contributed by atoms with Gasteiger partial charge in [-0.05, 0) is 38.5 Å². The van der Waals surface area contributed by atoms with Gasteiger partial charge in [0.2, 0.25) is 5.89 Å². The lowest BCUT2D eigenvalue weighted by molar-refractivity contribution is -0.0540. The average molecular weight is 394 g/mol. The number of oxazole rings is 1. The Morgan fingerprint density at radius 2 is 1.86 bits per heavy atom. The number of amides is 1. The van der Waals surface area contributed by atoms with E-state index in [0.29, 0.717) is 24.4 Å². The number of ether oxygens (including phenoxy) is 2. The van der Waals surface area contributed by atoms with Crippen LogP contribution in [0.25, 0.3) is 11.1 Å². The number of carbonyl (C=O) groups excluding carboxylic acids is 1. The molecule has 1 aliphatic heterocycles. The predicted octanol–water partition coefficient (Wildman–Crippen LogP) is 5.10. The molecule has 2 heterocycles. The van der Waals surface area contributed by atoms with E-state index in [1.807, 2.05) is 75.4 Å². The van der Waals surface area contributed by atoms with E-state index in [-0.39, 0.29) is 30.4 Å². The summed E-state index contributed by atoms with van der Waals surface area (Å²) in [7, 11) is 0. The minimum atomic E-state index is -0.388. The Hall–Kier alpha value is -2.86. The first-order valence-electron chi connectivity index (χ1n) is 9.90. The first kappa shape index (κ1) is 19.5. The Morgan fingerprint density at radius 3 is 2.59 bits per heavy atom. The second-order valence-electron chi connectivity index (χ2n) is 8.32. The van der Waals surface area contributed by atoms with Crippen molar-refractivity contribution >= 4 is 17.2 Å². The Morgan fingerprint density at radius 1 is 1.14 bits per heavy atom. The molecule has 1 aromatic heterocycles. The Bertz CT molecular complexity index is 944. The second-order valence-corrected chi connectivity index (χ2v) is 8.32. The molecule has 2 aromatic carbocycles. The van der Waals surface area contributed by atoms with Gasteiger partial charge in [0.1, 0.15) is 18.2 Å². The summed E-state index contributed by atoms with van der Waals surface area (Å²) in [6.07, 6.45) is 0.116. The predicted molar refractivity (Wildman–Crippen MR) is 109 cm³/mol. The molecule has 1 aliphatic rings. The molecule has 152 valence electrons. The molecule has 1 saturated heterocycles. The smallest absolute Gasteiger partial charge is 0.410 e. The van der Waals surface area contributed by atoms with Gasteiger partial charge in [0.15, 0.2) is 5.58 Å². The van der Waals surface area contributed by atoms with E-state index in [4.69, 9.17) is 13.9 Å². The number of hydrogen-bond acceptors (Lipinski definition) is 5. The second kappa shape index (κ2) is 7.87. The van der Waals surface area contributed by atoms with Crippen molar-refractivity contribution in [2.45, 2.75) is 51.5 Å². The van der Waals surface area contributed by atoms with E-state index in [9.17, 15) is 4.79 Å². The number of aromatic nitrogens is 1. The van der Waals surface area contributed by atoms with Crippen LogP contribution in [-0.2, 0) is 16.1 Å². The highest BCUT2D eigenvalue weighted by atomic mass is 16.6. The summed E-state index contributed by atoms with van der Waals surface area (Å²) in [5.74, 6) is 0.517. The van der Waals surface area contributed by atoms with E-state index in [1.54, 1.807) is 4.90 Å². The summed E-state index contributed by atoms with van der Waals surface area (Å²) in [6, 6.07) is 16.9. The SMILES string of the molecule is CC(C)(C)OC1CC(c2nc3ccccc3o2)N(C(=O)OCc2ccccc2)C1. The number of para-hydroxylation sites is 2. The minimum absolute atomic E-state index is 0.112. The molecule has 0 radical (unpaired) electrons. The van der Waals surface area contributed by atoms with Crippen LogP contribution < -0.4 is 0 Å².